The molecule has 0 saturated carbocycles. The number of rotatable bonds is 4. The van der Waals surface area contributed by atoms with Crippen LogP contribution in [0.4, 0.5) is 4.79 Å². The number of amides is 2. The third-order valence-electron chi connectivity index (χ3n) is 2.82. The molecule has 1 heterocycles. The minimum atomic E-state index is -4.05. The fraction of sp³-hybridized carbons (Fsp3) is 0.364. The fourth-order valence-electron chi connectivity index (χ4n) is 1.86. The molecule has 0 unspecified atom stereocenters. The fourth-order valence-corrected chi connectivity index (χ4v) is 3.43. The molecule has 20 heavy (non-hydrogen) atoms. The lowest BCUT2D eigenvalue weighted by molar-refractivity contribution is -0.0579. The molecule has 1 aliphatic heterocycles. The van der Waals surface area contributed by atoms with Crippen LogP contribution < -0.4 is 5.32 Å². The van der Waals surface area contributed by atoms with E-state index < -0.39 is 28.5 Å². The Hall–Kier alpha value is -1.35. The zero-order chi connectivity index (χ0) is 14.9. The number of hydrogen-bond donors (Lipinski definition) is 1. The summed E-state index contributed by atoms with van der Waals surface area (Å²) in [6, 6.07) is 4.68. The van der Waals surface area contributed by atoms with E-state index in [0.29, 0.717) is 9.33 Å². The first kappa shape index (κ1) is 15.0. The van der Waals surface area contributed by atoms with Crippen molar-refractivity contribution in [1.82, 2.24) is 9.62 Å². The van der Waals surface area contributed by atoms with Crippen molar-refractivity contribution in [2.45, 2.75) is 17.4 Å². The SMILES string of the molecule is CO[C@H]1NC(=O)N(S(=O)(=O)c2ccc(Cl)cc2)[C@@H]1OC. The lowest BCUT2D eigenvalue weighted by Crippen LogP contribution is -2.42. The van der Waals surface area contributed by atoms with Gasteiger partial charge in [0.1, 0.15) is 0 Å². The van der Waals surface area contributed by atoms with E-state index in [-0.39, 0.29) is 4.90 Å². The van der Waals surface area contributed by atoms with Gasteiger partial charge in [0.15, 0.2) is 12.5 Å². The Bertz CT molecular complexity index is 604. The van der Waals surface area contributed by atoms with Crippen LogP contribution in [0.2, 0.25) is 5.02 Å². The van der Waals surface area contributed by atoms with Gasteiger partial charge in [0.05, 0.1) is 4.90 Å². The van der Waals surface area contributed by atoms with Crippen LogP contribution in [0.3, 0.4) is 0 Å². The second-order valence-electron chi connectivity index (χ2n) is 3.99. The van der Waals surface area contributed by atoms with Crippen molar-refractivity contribution in [3.63, 3.8) is 0 Å². The number of nitrogens with zero attached hydrogens (tertiary/aromatic N) is 1. The van der Waals surface area contributed by atoms with E-state index in [0.717, 1.165) is 0 Å². The molecule has 0 aromatic heterocycles. The molecule has 2 amide bonds. The second-order valence-corrected chi connectivity index (χ2v) is 6.24. The van der Waals surface area contributed by atoms with Gasteiger partial charge in [-0.2, -0.15) is 4.31 Å². The van der Waals surface area contributed by atoms with Crippen LogP contribution in [0, 0.1) is 0 Å². The third-order valence-corrected chi connectivity index (χ3v) is 4.83. The van der Waals surface area contributed by atoms with Gasteiger partial charge in [0.2, 0.25) is 0 Å². The Kier molecular flexibility index (Phi) is 4.19. The highest BCUT2D eigenvalue weighted by Crippen LogP contribution is 2.25. The number of sulfonamides is 1. The summed E-state index contributed by atoms with van der Waals surface area (Å²) < 4.78 is 35.6. The topological polar surface area (TPSA) is 84.9 Å². The summed E-state index contributed by atoms with van der Waals surface area (Å²) in [5.41, 5.74) is 0. The number of hydrogen-bond acceptors (Lipinski definition) is 5. The van der Waals surface area contributed by atoms with Gasteiger partial charge in [-0.25, -0.2) is 13.2 Å². The Morgan fingerprint density at radius 1 is 1.20 bits per heavy atom. The summed E-state index contributed by atoms with van der Waals surface area (Å²) in [5, 5.41) is 2.77. The van der Waals surface area contributed by atoms with Crippen LogP contribution in [0.5, 0.6) is 0 Å². The van der Waals surface area contributed by atoms with Crippen LogP contribution in [0.25, 0.3) is 0 Å². The number of urea groups is 1. The molecular formula is C11H13ClN2O5S. The first-order valence-corrected chi connectivity index (χ1v) is 7.39. The molecule has 1 aliphatic rings. The Labute approximate surface area is 121 Å². The highest BCUT2D eigenvalue weighted by Gasteiger charge is 2.47. The minimum absolute atomic E-state index is 0.0594. The number of benzene rings is 1. The van der Waals surface area contributed by atoms with Crippen molar-refractivity contribution in [2.75, 3.05) is 14.2 Å². The van der Waals surface area contributed by atoms with Crippen LogP contribution in [0.15, 0.2) is 29.2 Å². The maximum absolute atomic E-state index is 12.5. The normalized spacial score (nSPS) is 22.9. The molecule has 1 N–H and O–H groups in total. The summed E-state index contributed by atoms with van der Waals surface area (Å²) >= 11 is 5.72. The van der Waals surface area contributed by atoms with Gasteiger partial charge in [-0.05, 0) is 24.3 Å². The summed E-state index contributed by atoms with van der Waals surface area (Å²) in [5.74, 6) is 0. The minimum Gasteiger partial charge on any atom is -0.357 e. The van der Waals surface area contributed by atoms with Crippen LogP contribution in [-0.2, 0) is 19.5 Å². The predicted molar refractivity (Wildman–Crippen MR) is 70.6 cm³/mol. The number of carbonyl (C=O) groups is 1. The van der Waals surface area contributed by atoms with Crippen LogP contribution in [-0.4, -0.2) is 45.4 Å². The third kappa shape index (κ3) is 2.47. The highest BCUT2D eigenvalue weighted by molar-refractivity contribution is 7.89. The van der Waals surface area contributed by atoms with E-state index in [1.165, 1.54) is 38.5 Å². The van der Waals surface area contributed by atoms with Crippen molar-refractivity contribution in [2.24, 2.45) is 0 Å². The molecule has 1 aromatic carbocycles. The Morgan fingerprint density at radius 2 is 1.80 bits per heavy atom. The number of methoxy groups -OCH3 is 2. The van der Waals surface area contributed by atoms with Crippen molar-refractivity contribution in [3.05, 3.63) is 29.3 Å². The van der Waals surface area contributed by atoms with Crippen molar-refractivity contribution < 1.29 is 22.7 Å². The zero-order valence-corrected chi connectivity index (χ0v) is 12.3. The maximum Gasteiger partial charge on any atom is 0.335 e. The van der Waals surface area contributed by atoms with Gasteiger partial charge in [-0.15, -0.1) is 0 Å². The van der Waals surface area contributed by atoms with Gasteiger partial charge in [-0.1, -0.05) is 11.6 Å². The zero-order valence-electron chi connectivity index (χ0n) is 10.7. The molecule has 0 spiro atoms. The van der Waals surface area contributed by atoms with Crippen molar-refractivity contribution >= 4 is 27.7 Å². The monoisotopic (exact) mass is 320 g/mol. The first-order chi connectivity index (χ1) is 9.41. The molecule has 1 aromatic rings. The molecular weight excluding hydrogens is 308 g/mol. The van der Waals surface area contributed by atoms with Crippen LogP contribution >= 0.6 is 11.6 Å². The molecule has 2 rings (SSSR count). The van der Waals surface area contributed by atoms with E-state index >= 15 is 0 Å². The molecule has 7 nitrogen and oxygen atoms in total. The van der Waals surface area contributed by atoms with E-state index in [1.54, 1.807) is 0 Å². The molecule has 9 heteroatoms. The van der Waals surface area contributed by atoms with E-state index in [1.807, 2.05) is 0 Å². The van der Waals surface area contributed by atoms with E-state index in [2.05, 4.69) is 5.32 Å². The summed E-state index contributed by atoms with van der Waals surface area (Å²) in [4.78, 5) is 11.8. The molecule has 2 atom stereocenters. The lowest BCUT2D eigenvalue weighted by Gasteiger charge is -2.23. The molecule has 0 bridgehead atoms. The first-order valence-electron chi connectivity index (χ1n) is 5.58. The van der Waals surface area contributed by atoms with Gasteiger partial charge < -0.3 is 14.8 Å². The lowest BCUT2D eigenvalue weighted by atomic mass is 10.4. The van der Waals surface area contributed by atoms with Gasteiger partial charge in [-0.3, -0.25) is 0 Å². The number of nitrogens with one attached hydrogen (secondary N) is 1. The summed E-state index contributed by atoms with van der Waals surface area (Å²) in [6.07, 6.45) is -1.94. The predicted octanol–water partition coefficient (Wildman–Crippen LogP) is 0.999. The molecule has 1 fully saturated rings. The van der Waals surface area contributed by atoms with E-state index in [4.69, 9.17) is 21.1 Å². The Balaban J connectivity index is 2.42. The smallest absolute Gasteiger partial charge is 0.335 e. The van der Waals surface area contributed by atoms with Crippen molar-refractivity contribution in [1.29, 1.82) is 0 Å². The average molecular weight is 321 g/mol. The number of carbonyl (C=O) groups excluding carboxylic acids is 1. The standard InChI is InChI=1S/C11H13ClN2O5S/c1-18-9-10(19-2)14(11(15)13-9)20(16,17)8-5-3-7(12)4-6-8/h3-6,9-10H,1-2H3,(H,13,15)/t9-,10-/m1/s1. The number of ether oxygens (including phenoxy) is 2. The Morgan fingerprint density at radius 3 is 2.30 bits per heavy atom. The summed E-state index contributed by atoms with van der Waals surface area (Å²) in [7, 11) is -1.42. The van der Waals surface area contributed by atoms with Crippen molar-refractivity contribution in [3.8, 4) is 0 Å². The second kappa shape index (κ2) is 5.57. The number of halogens is 1. The quantitative estimate of drug-likeness (QED) is 0.894. The largest absolute Gasteiger partial charge is 0.357 e. The molecule has 110 valence electrons. The summed E-state index contributed by atoms with van der Waals surface area (Å²) in [6.45, 7) is 0. The van der Waals surface area contributed by atoms with Gasteiger partial charge in [0, 0.05) is 19.2 Å². The average Bonchev–Trinajstić information content (AvgIpc) is 2.75. The van der Waals surface area contributed by atoms with Gasteiger partial charge >= 0.3 is 6.03 Å². The molecule has 1 saturated heterocycles. The molecule has 0 aliphatic carbocycles. The van der Waals surface area contributed by atoms with E-state index in [9.17, 15) is 13.2 Å². The van der Waals surface area contributed by atoms with Gasteiger partial charge in [0.25, 0.3) is 10.0 Å². The van der Waals surface area contributed by atoms with Crippen LogP contribution in [0.1, 0.15) is 0 Å². The molecule has 0 radical (unpaired) electrons. The maximum atomic E-state index is 12.5. The highest BCUT2D eigenvalue weighted by atomic mass is 35.5.